The Balaban J connectivity index is 1.81. The molecule has 2 N–H and O–H groups in total. The topological polar surface area (TPSA) is 146 Å². The van der Waals surface area contributed by atoms with Crippen LogP contribution in [0.5, 0.6) is 23.0 Å². The van der Waals surface area contributed by atoms with Gasteiger partial charge in [0, 0.05) is 10.8 Å². The van der Waals surface area contributed by atoms with Crippen molar-refractivity contribution in [2.75, 3.05) is 28.4 Å². The molecule has 4 heterocycles. The molecule has 0 aliphatic rings. The van der Waals surface area contributed by atoms with Crippen LogP contribution in [0, 0.1) is 0 Å². The molecule has 0 fully saturated rings. The van der Waals surface area contributed by atoms with Crippen molar-refractivity contribution < 1.29 is 18.9 Å². The average molecular weight is 483 g/mol. The minimum absolute atomic E-state index is 0.371. The number of ether oxygens (including phenoxy) is 4. The van der Waals surface area contributed by atoms with Crippen molar-refractivity contribution in [3.05, 3.63) is 32.2 Å². The lowest BCUT2D eigenvalue weighted by Gasteiger charge is -2.19. The Morgan fingerprint density at radius 3 is 1.52 bits per heavy atom. The van der Waals surface area contributed by atoms with Crippen molar-refractivity contribution >= 4 is 34.4 Å². The second kappa shape index (κ2) is 9.49. The SMILES string of the molecule is COc1csc(C(SC(c2nn[nH]n2)c2scc(OC)c2OC)c2nn[nH]n2)c1OC. The van der Waals surface area contributed by atoms with E-state index in [9.17, 15) is 0 Å². The predicted molar refractivity (Wildman–Crippen MR) is 114 cm³/mol. The number of hydrogen-bond donors (Lipinski definition) is 2. The monoisotopic (exact) mass is 482 g/mol. The Labute approximate surface area is 188 Å². The zero-order chi connectivity index (χ0) is 21.8. The van der Waals surface area contributed by atoms with Crippen LogP contribution in [0.2, 0.25) is 0 Å². The molecule has 0 bridgehead atoms. The smallest absolute Gasteiger partial charge is 0.192 e. The first kappa shape index (κ1) is 21.3. The largest absolute Gasteiger partial charge is 0.492 e. The summed E-state index contributed by atoms with van der Waals surface area (Å²) >= 11 is 4.45. The average Bonchev–Trinajstić information content (AvgIpc) is 3.60. The molecule has 4 aromatic heterocycles. The Kier molecular flexibility index (Phi) is 6.53. The molecule has 0 amide bonds. The highest BCUT2D eigenvalue weighted by molar-refractivity contribution is 8.00. The zero-order valence-corrected chi connectivity index (χ0v) is 19.3. The van der Waals surface area contributed by atoms with E-state index in [2.05, 4.69) is 41.2 Å². The van der Waals surface area contributed by atoms with Crippen molar-refractivity contribution in [1.82, 2.24) is 41.2 Å². The molecular formula is C16H18N8O4S3. The molecular weight excluding hydrogens is 464 g/mol. The van der Waals surface area contributed by atoms with Gasteiger partial charge in [-0.05, 0) is 0 Å². The summed E-state index contributed by atoms with van der Waals surface area (Å²) in [5, 5.41) is 32.4. The number of thioether (sulfide) groups is 1. The van der Waals surface area contributed by atoms with Gasteiger partial charge >= 0.3 is 0 Å². The molecule has 0 aliphatic heterocycles. The molecule has 15 heteroatoms. The first-order valence-electron chi connectivity index (χ1n) is 8.72. The first-order chi connectivity index (χ1) is 15.2. The lowest BCUT2D eigenvalue weighted by molar-refractivity contribution is 0.355. The molecule has 4 rings (SSSR count). The van der Waals surface area contributed by atoms with E-state index in [1.807, 2.05) is 10.8 Å². The van der Waals surface area contributed by atoms with Crippen LogP contribution in [0.1, 0.15) is 31.9 Å². The second-order valence-electron chi connectivity index (χ2n) is 5.84. The molecule has 0 saturated heterocycles. The molecule has 0 saturated carbocycles. The summed E-state index contributed by atoms with van der Waals surface area (Å²) in [4.78, 5) is 1.73. The van der Waals surface area contributed by atoms with Gasteiger partial charge in [0.15, 0.2) is 34.6 Å². The van der Waals surface area contributed by atoms with Crippen molar-refractivity contribution in [1.29, 1.82) is 0 Å². The summed E-state index contributed by atoms with van der Waals surface area (Å²) in [5.41, 5.74) is 0. The van der Waals surface area contributed by atoms with Crippen molar-refractivity contribution in [2.24, 2.45) is 0 Å². The maximum Gasteiger partial charge on any atom is 0.192 e. The molecule has 2 unspecified atom stereocenters. The Morgan fingerprint density at radius 1 is 0.742 bits per heavy atom. The van der Waals surface area contributed by atoms with Gasteiger partial charge in [-0.3, -0.25) is 0 Å². The van der Waals surface area contributed by atoms with Gasteiger partial charge in [0.05, 0.1) is 38.2 Å². The third kappa shape index (κ3) is 4.03. The van der Waals surface area contributed by atoms with E-state index >= 15 is 0 Å². The maximum atomic E-state index is 5.62. The zero-order valence-electron chi connectivity index (χ0n) is 16.9. The molecule has 2 atom stereocenters. The van der Waals surface area contributed by atoms with Crippen LogP contribution in [0.15, 0.2) is 10.8 Å². The summed E-state index contributed by atoms with van der Waals surface area (Å²) < 4.78 is 22.1. The molecule has 0 aliphatic carbocycles. The van der Waals surface area contributed by atoms with Gasteiger partial charge in [0.1, 0.15) is 10.5 Å². The highest BCUT2D eigenvalue weighted by Crippen LogP contribution is 2.55. The molecule has 0 aromatic carbocycles. The van der Waals surface area contributed by atoms with Gasteiger partial charge < -0.3 is 18.9 Å². The van der Waals surface area contributed by atoms with Crippen LogP contribution in [-0.2, 0) is 0 Å². The van der Waals surface area contributed by atoms with Crippen LogP contribution in [-0.4, -0.2) is 69.7 Å². The Hall–Kier alpha value is -2.91. The second-order valence-corrected chi connectivity index (χ2v) is 8.88. The van der Waals surface area contributed by atoms with E-state index in [0.717, 1.165) is 9.75 Å². The van der Waals surface area contributed by atoms with Gasteiger partial charge in [-0.2, -0.15) is 10.4 Å². The van der Waals surface area contributed by atoms with Gasteiger partial charge in [0.25, 0.3) is 0 Å². The van der Waals surface area contributed by atoms with Crippen molar-refractivity contribution in [3.63, 3.8) is 0 Å². The number of aromatic amines is 2. The van der Waals surface area contributed by atoms with Gasteiger partial charge in [0.2, 0.25) is 0 Å². The standard InChI is InChI=1S/C16H18N8O4S3/c1-25-7-5-29-11(9(7)27-3)13(15-17-21-22-18-15)31-14(16-19-23-24-20-16)12-10(28-4)8(26-2)6-30-12/h5-6,13-14H,1-4H3,(H,17,18,21,22)(H,19,20,23,24). The van der Waals surface area contributed by atoms with Crippen molar-refractivity contribution in [3.8, 4) is 23.0 Å². The van der Waals surface area contributed by atoms with Crippen LogP contribution in [0.3, 0.4) is 0 Å². The quantitative estimate of drug-likeness (QED) is 0.344. The minimum atomic E-state index is -0.371. The third-order valence-electron chi connectivity index (χ3n) is 4.27. The lowest BCUT2D eigenvalue weighted by Crippen LogP contribution is -2.07. The highest BCUT2D eigenvalue weighted by atomic mass is 32.2. The molecule has 12 nitrogen and oxygen atoms in total. The Morgan fingerprint density at radius 2 is 1.19 bits per heavy atom. The van der Waals surface area contributed by atoms with Gasteiger partial charge in [-0.25, -0.2) is 0 Å². The van der Waals surface area contributed by atoms with Crippen molar-refractivity contribution in [2.45, 2.75) is 10.5 Å². The predicted octanol–water partition coefficient (Wildman–Crippen LogP) is 2.48. The summed E-state index contributed by atoms with van der Waals surface area (Å²) in [6.07, 6.45) is 0. The number of methoxy groups -OCH3 is 4. The molecule has 4 aromatic rings. The lowest BCUT2D eigenvalue weighted by atomic mass is 10.3. The first-order valence-corrected chi connectivity index (χ1v) is 11.4. The number of H-pyrrole nitrogens is 2. The van der Waals surface area contributed by atoms with E-state index < -0.39 is 0 Å². The number of aromatic nitrogens is 8. The van der Waals surface area contributed by atoms with E-state index in [0.29, 0.717) is 34.6 Å². The van der Waals surface area contributed by atoms with Crippen LogP contribution in [0.25, 0.3) is 0 Å². The van der Waals surface area contributed by atoms with E-state index in [1.54, 1.807) is 28.4 Å². The molecule has 31 heavy (non-hydrogen) atoms. The molecule has 164 valence electrons. The summed E-state index contributed by atoms with van der Waals surface area (Å²) in [5.74, 6) is 3.42. The number of rotatable bonds is 10. The fraction of sp³-hybridized carbons (Fsp3) is 0.375. The van der Waals surface area contributed by atoms with E-state index in [4.69, 9.17) is 18.9 Å². The van der Waals surface area contributed by atoms with Crippen LogP contribution in [0.4, 0.5) is 0 Å². The summed E-state index contributed by atoms with van der Waals surface area (Å²) in [6, 6.07) is 0. The summed E-state index contributed by atoms with van der Waals surface area (Å²) in [6.45, 7) is 0. The highest BCUT2D eigenvalue weighted by Gasteiger charge is 2.35. The van der Waals surface area contributed by atoms with E-state index in [1.165, 1.54) is 34.4 Å². The van der Waals surface area contributed by atoms with Gasteiger partial charge in [-0.15, -0.1) is 54.8 Å². The molecule has 0 spiro atoms. The fourth-order valence-electron chi connectivity index (χ4n) is 2.91. The molecule has 0 radical (unpaired) electrons. The van der Waals surface area contributed by atoms with Gasteiger partial charge in [-0.1, -0.05) is 10.4 Å². The summed E-state index contributed by atoms with van der Waals surface area (Å²) in [7, 11) is 6.37. The fourth-order valence-corrected chi connectivity index (χ4v) is 6.67. The minimum Gasteiger partial charge on any atom is -0.492 e. The number of nitrogens with zero attached hydrogens (tertiary/aromatic N) is 6. The number of thiophene rings is 2. The van der Waals surface area contributed by atoms with Crippen LogP contribution < -0.4 is 18.9 Å². The number of nitrogens with one attached hydrogen (secondary N) is 2. The third-order valence-corrected chi connectivity index (χ3v) is 8.02. The number of hydrogen-bond acceptors (Lipinski definition) is 13. The normalized spacial score (nSPS) is 13.0. The van der Waals surface area contributed by atoms with E-state index in [-0.39, 0.29) is 10.5 Å². The maximum absolute atomic E-state index is 5.62. The Bertz CT molecular complexity index is 1010. The number of tetrazole rings is 2. The van der Waals surface area contributed by atoms with Crippen LogP contribution >= 0.6 is 34.4 Å².